The zero-order chi connectivity index (χ0) is 15.3. The van der Waals surface area contributed by atoms with Crippen LogP contribution in [0.5, 0.6) is 5.75 Å². The summed E-state index contributed by atoms with van der Waals surface area (Å²) < 4.78 is 5.15. The third-order valence-corrected chi connectivity index (χ3v) is 2.31. The first-order chi connectivity index (χ1) is 9.35. The van der Waals surface area contributed by atoms with E-state index < -0.39 is 0 Å². The first-order valence-corrected chi connectivity index (χ1v) is 5.68. The average Bonchev–Trinajstić information content (AvgIpc) is 2.36. The van der Waals surface area contributed by atoms with E-state index in [9.17, 15) is 4.79 Å². The summed E-state index contributed by atoms with van der Waals surface area (Å²) in [5.74, 6) is -0.0398. The number of benzene rings is 1. The predicted molar refractivity (Wildman–Crippen MR) is 78.1 cm³/mol. The second kappa shape index (κ2) is 6.41. The van der Waals surface area contributed by atoms with E-state index >= 15 is 0 Å². The van der Waals surface area contributed by atoms with Crippen molar-refractivity contribution in [2.24, 2.45) is 27.2 Å². The number of rotatable bonds is 3. The highest BCUT2D eigenvalue weighted by atomic mass is 16.5. The molecule has 8 nitrogen and oxygen atoms in total. The van der Waals surface area contributed by atoms with Gasteiger partial charge in [-0.25, -0.2) is 4.99 Å². The smallest absolute Gasteiger partial charge is 0.253 e. The van der Waals surface area contributed by atoms with Crippen molar-refractivity contribution in [3.63, 3.8) is 0 Å². The SMILES string of the molecule is COc1ccc(C(=O)N(C)C)cc1N=C(N)N=C(N)N. The summed E-state index contributed by atoms with van der Waals surface area (Å²) in [6.07, 6.45) is 0. The van der Waals surface area contributed by atoms with Crippen LogP contribution in [0.2, 0.25) is 0 Å². The third kappa shape index (κ3) is 3.87. The molecule has 20 heavy (non-hydrogen) atoms. The minimum absolute atomic E-state index is 0.127. The average molecular weight is 278 g/mol. The van der Waals surface area contributed by atoms with Crippen molar-refractivity contribution >= 4 is 23.5 Å². The molecule has 0 aliphatic carbocycles. The van der Waals surface area contributed by atoms with Gasteiger partial charge < -0.3 is 26.8 Å². The maximum Gasteiger partial charge on any atom is 0.253 e. The molecule has 0 atom stereocenters. The van der Waals surface area contributed by atoms with Gasteiger partial charge in [0.15, 0.2) is 5.96 Å². The minimum Gasteiger partial charge on any atom is -0.494 e. The van der Waals surface area contributed by atoms with Crippen molar-refractivity contribution in [2.75, 3.05) is 21.2 Å². The number of hydrogen-bond donors (Lipinski definition) is 3. The Morgan fingerprint density at radius 1 is 1.25 bits per heavy atom. The summed E-state index contributed by atoms with van der Waals surface area (Å²) in [5, 5.41) is 0. The molecule has 0 aromatic heterocycles. The van der Waals surface area contributed by atoms with Crippen molar-refractivity contribution in [2.45, 2.75) is 0 Å². The Hall–Kier alpha value is -2.77. The monoisotopic (exact) mass is 278 g/mol. The Morgan fingerprint density at radius 3 is 2.40 bits per heavy atom. The first kappa shape index (κ1) is 15.3. The van der Waals surface area contributed by atoms with Crippen LogP contribution < -0.4 is 21.9 Å². The van der Waals surface area contributed by atoms with Gasteiger partial charge in [0.2, 0.25) is 5.96 Å². The molecule has 0 unspecified atom stereocenters. The van der Waals surface area contributed by atoms with Crippen LogP contribution in [-0.2, 0) is 0 Å². The summed E-state index contributed by atoms with van der Waals surface area (Å²) in [7, 11) is 4.80. The largest absolute Gasteiger partial charge is 0.494 e. The van der Waals surface area contributed by atoms with Crippen LogP contribution in [0.25, 0.3) is 0 Å². The standard InChI is InChI=1S/C12H18N6O2/c1-18(2)10(19)7-4-5-9(20-3)8(6-7)16-12(15)17-11(13)14/h4-6H,1-3H3,(H6,13,14,15,16,17). The molecule has 108 valence electrons. The fourth-order valence-corrected chi connectivity index (χ4v) is 1.45. The van der Waals surface area contributed by atoms with E-state index in [1.807, 2.05) is 0 Å². The van der Waals surface area contributed by atoms with Crippen LogP contribution in [0.1, 0.15) is 10.4 Å². The van der Waals surface area contributed by atoms with Gasteiger partial charge in [0, 0.05) is 19.7 Å². The number of nitrogens with two attached hydrogens (primary N) is 3. The molecule has 0 radical (unpaired) electrons. The molecule has 8 heteroatoms. The Labute approximate surface area is 116 Å². The fourth-order valence-electron chi connectivity index (χ4n) is 1.45. The molecule has 0 aliphatic rings. The van der Waals surface area contributed by atoms with E-state index in [-0.39, 0.29) is 17.8 Å². The summed E-state index contributed by atoms with van der Waals surface area (Å²) in [6.45, 7) is 0. The second-order valence-corrected chi connectivity index (χ2v) is 4.09. The summed E-state index contributed by atoms with van der Waals surface area (Å²) in [6, 6.07) is 4.81. The van der Waals surface area contributed by atoms with E-state index in [1.165, 1.54) is 12.0 Å². The van der Waals surface area contributed by atoms with Crippen LogP contribution >= 0.6 is 0 Å². The molecule has 1 rings (SSSR count). The van der Waals surface area contributed by atoms with Gasteiger partial charge in [-0.2, -0.15) is 4.99 Å². The molecular weight excluding hydrogens is 260 g/mol. The van der Waals surface area contributed by atoms with Gasteiger partial charge in [-0.15, -0.1) is 0 Å². The van der Waals surface area contributed by atoms with Crippen LogP contribution in [0, 0.1) is 0 Å². The molecule has 0 saturated carbocycles. The van der Waals surface area contributed by atoms with Crippen LogP contribution in [0.3, 0.4) is 0 Å². The number of nitrogens with zero attached hydrogens (tertiary/aromatic N) is 3. The van der Waals surface area contributed by atoms with E-state index in [0.717, 1.165) is 0 Å². The van der Waals surface area contributed by atoms with Crippen LogP contribution in [0.15, 0.2) is 28.2 Å². The number of hydrogen-bond acceptors (Lipinski definition) is 3. The highest BCUT2D eigenvalue weighted by Gasteiger charge is 2.11. The van der Waals surface area contributed by atoms with E-state index in [1.54, 1.807) is 32.3 Å². The van der Waals surface area contributed by atoms with Crippen molar-refractivity contribution in [1.82, 2.24) is 4.90 Å². The van der Waals surface area contributed by atoms with Gasteiger partial charge in [0.1, 0.15) is 11.4 Å². The molecule has 0 saturated heterocycles. The Kier molecular flexibility index (Phi) is 4.90. The molecule has 0 fully saturated rings. The van der Waals surface area contributed by atoms with Gasteiger partial charge in [-0.3, -0.25) is 4.79 Å². The Balaban J connectivity index is 3.26. The molecule has 1 aromatic carbocycles. The highest BCUT2D eigenvalue weighted by molar-refractivity contribution is 5.97. The van der Waals surface area contributed by atoms with E-state index in [2.05, 4.69) is 9.98 Å². The summed E-state index contributed by atoms with van der Waals surface area (Å²) in [5.41, 5.74) is 16.8. The maximum absolute atomic E-state index is 11.9. The van der Waals surface area contributed by atoms with Crippen LogP contribution in [-0.4, -0.2) is 43.9 Å². The fraction of sp³-hybridized carbons (Fsp3) is 0.250. The zero-order valence-corrected chi connectivity index (χ0v) is 11.6. The number of carbonyl (C=O) groups excluding carboxylic acids is 1. The van der Waals surface area contributed by atoms with Crippen molar-refractivity contribution < 1.29 is 9.53 Å². The second-order valence-electron chi connectivity index (χ2n) is 4.09. The van der Waals surface area contributed by atoms with Crippen LogP contribution in [0.4, 0.5) is 5.69 Å². The predicted octanol–water partition coefficient (Wildman–Crippen LogP) is -0.383. The number of carbonyl (C=O) groups is 1. The Morgan fingerprint density at radius 2 is 1.90 bits per heavy atom. The van der Waals surface area contributed by atoms with Crippen molar-refractivity contribution in [1.29, 1.82) is 0 Å². The number of methoxy groups -OCH3 is 1. The lowest BCUT2D eigenvalue weighted by molar-refractivity contribution is 0.0827. The quantitative estimate of drug-likeness (QED) is 0.512. The molecule has 1 aromatic rings. The highest BCUT2D eigenvalue weighted by Crippen LogP contribution is 2.28. The lowest BCUT2D eigenvalue weighted by Gasteiger charge is -2.12. The molecular formula is C12H18N6O2. The molecule has 1 amide bonds. The third-order valence-electron chi connectivity index (χ3n) is 2.31. The molecule has 0 heterocycles. The summed E-state index contributed by atoms with van der Waals surface area (Å²) >= 11 is 0. The van der Waals surface area contributed by atoms with Crippen molar-refractivity contribution in [3.05, 3.63) is 23.8 Å². The zero-order valence-electron chi connectivity index (χ0n) is 11.6. The number of amides is 1. The van der Waals surface area contributed by atoms with Gasteiger partial charge in [-0.1, -0.05) is 0 Å². The molecule has 6 N–H and O–H groups in total. The van der Waals surface area contributed by atoms with Gasteiger partial charge >= 0.3 is 0 Å². The van der Waals surface area contributed by atoms with Crippen molar-refractivity contribution in [3.8, 4) is 5.75 Å². The minimum atomic E-state index is -0.203. The van der Waals surface area contributed by atoms with Gasteiger partial charge in [0.25, 0.3) is 5.91 Å². The lowest BCUT2D eigenvalue weighted by Crippen LogP contribution is -2.26. The molecule has 0 spiro atoms. The normalized spacial score (nSPS) is 10.8. The molecule has 0 aliphatic heterocycles. The maximum atomic E-state index is 11.9. The summed E-state index contributed by atoms with van der Waals surface area (Å²) in [4.78, 5) is 21.0. The molecule has 0 bridgehead atoms. The topological polar surface area (TPSA) is 132 Å². The Bertz CT molecular complexity index is 561. The lowest BCUT2D eigenvalue weighted by atomic mass is 10.1. The van der Waals surface area contributed by atoms with E-state index in [0.29, 0.717) is 17.0 Å². The van der Waals surface area contributed by atoms with Gasteiger partial charge in [0.05, 0.1) is 7.11 Å². The number of ether oxygens (including phenoxy) is 1. The van der Waals surface area contributed by atoms with Gasteiger partial charge in [-0.05, 0) is 18.2 Å². The number of guanidine groups is 2. The number of aliphatic imine (C=N–C) groups is 2. The first-order valence-electron chi connectivity index (χ1n) is 5.68. The van der Waals surface area contributed by atoms with E-state index in [4.69, 9.17) is 21.9 Å².